The second kappa shape index (κ2) is 7.97. The third kappa shape index (κ3) is 5.10. The fourth-order valence-corrected chi connectivity index (χ4v) is 1.37. The first-order valence-electron chi connectivity index (χ1n) is 6.19. The van der Waals surface area contributed by atoms with Gasteiger partial charge in [0.1, 0.15) is 0 Å². The molecule has 5 nitrogen and oxygen atoms in total. The molecular weight excluding hydrogens is 216 g/mol. The smallest absolute Gasteiger partial charge is 0.222 e. The number of aliphatic hydroxyl groups is 1. The lowest BCUT2D eigenvalue weighted by Gasteiger charge is -2.13. The Labute approximate surface area is 103 Å². The summed E-state index contributed by atoms with van der Waals surface area (Å²) < 4.78 is 0. The molecule has 1 heterocycles. The molecule has 0 saturated carbocycles. The van der Waals surface area contributed by atoms with Crippen LogP contribution in [0.3, 0.4) is 0 Å². The van der Waals surface area contributed by atoms with Crippen molar-refractivity contribution in [2.24, 2.45) is 0 Å². The van der Waals surface area contributed by atoms with E-state index in [-0.39, 0.29) is 12.6 Å². The van der Waals surface area contributed by atoms with Crippen LogP contribution in [0.2, 0.25) is 0 Å². The molecule has 0 radical (unpaired) electrons. The van der Waals surface area contributed by atoms with Crippen LogP contribution < -0.4 is 10.6 Å². The highest BCUT2D eigenvalue weighted by molar-refractivity contribution is 5.24. The number of nitrogens with zero attached hydrogens (tertiary/aromatic N) is 2. The third-order valence-corrected chi connectivity index (χ3v) is 2.55. The van der Waals surface area contributed by atoms with E-state index in [1.54, 1.807) is 0 Å². The van der Waals surface area contributed by atoms with Gasteiger partial charge in [-0.3, -0.25) is 0 Å². The minimum Gasteiger partial charge on any atom is -0.395 e. The fourth-order valence-electron chi connectivity index (χ4n) is 1.37. The Morgan fingerprint density at radius 3 is 2.53 bits per heavy atom. The maximum Gasteiger partial charge on any atom is 0.222 e. The fraction of sp³-hybridized carbons (Fsp3) is 0.667. The second-order valence-corrected chi connectivity index (χ2v) is 4.01. The van der Waals surface area contributed by atoms with E-state index in [1.807, 2.05) is 19.3 Å². The van der Waals surface area contributed by atoms with Crippen LogP contribution in [0.15, 0.2) is 12.4 Å². The van der Waals surface area contributed by atoms with Crippen molar-refractivity contribution in [3.8, 4) is 0 Å². The van der Waals surface area contributed by atoms with Crippen LogP contribution in [-0.4, -0.2) is 34.3 Å². The van der Waals surface area contributed by atoms with E-state index in [1.165, 1.54) is 0 Å². The van der Waals surface area contributed by atoms with Crippen molar-refractivity contribution in [2.75, 3.05) is 18.5 Å². The lowest BCUT2D eigenvalue weighted by Crippen LogP contribution is -2.31. The van der Waals surface area contributed by atoms with E-state index in [2.05, 4.69) is 27.5 Å². The van der Waals surface area contributed by atoms with E-state index in [9.17, 15) is 0 Å². The first kappa shape index (κ1) is 13.9. The summed E-state index contributed by atoms with van der Waals surface area (Å²) in [6, 6.07) is 0.146. The summed E-state index contributed by atoms with van der Waals surface area (Å²) in [5, 5.41) is 15.4. The number of aliphatic hydroxyl groups excluding tert-OH is 1. The number of rotatable bonds is 8. The summed E-state index contributed by atoms with van der Waals surface area (Å²) >= 11 is 0. The largest absolute Gasteiger partial charge is 0.395 e. The second-order valence-electron chi connectivity index (χ2n) is 4.01. The molecule has 1 aromatic rings. The van der Waals surface area contributed by atoms with Gasteiger partial charge in [-0.05, 0) is 12.8 Å². The molecule has 0 aliphatic carbocycles. The van der Waals surface area contributed by atoms with Crippen LogP contribution in [0.5, 0.6) is 0 Å². The molecule has 0 amide bonds. The Morgan fingerprint density at radius 2 is 2.00 bits per heavy atom. The lowest BCUT2D eigenvalue weighted by atomic mass is 10.2. The zero-order valence-corrected chi connectivity index (χ0v) is 10.6. The monoisotopic (exact) mass is 238 g/mol. The van der Waals surface area contributed by atoms with Crippen LogP contribution in [0, 0.1) is 0 Å². The average molecular weight is 238 g/mol. The van der Waals surface area contributed by atoms with E-state index >= 15 is 0 Å². The molecule has 1 rings (SSSR count). The van der Waals surface area contributed by atoms with Crippen LogP contribution in [-0.2, 0) is 6.54 Å². The molecule has 0 aromatic carbocycles. The Kier molecular flexibility index (Phi) is 6.50. The van der Waals surface area contributed by atoms with Gasteiger partial charge in [-0.2, -0.15) is 0 Å². The molecular formula is C12H22N4O. The molecule has 0 aliphatic heterocycles. The molecule has 1 atom stereocenters. The molecule has 1 unspecified atom stereocenters. The van der Waals surface area contributed by atoms with Crippen molar-refractivity contribution in [3.05, 3.63) is 18.0 Å². The number of hydrogen-bond acceptors (Lipinski definition) is 5. The van der Waals surface area contributed by atoms with Crippen molar-refractivity contribution >= 4 is 5.95 Å². The minimum absolute atomic E-state index is 0.146. The summed E-state index contributed by atoms with van der Waals surface area (Å²) in [4.78, 5) is 8.44. The van der Waals surface area contributed by atoms with Crippen molar-refractivity contribution in [1.82, 2.24) is 15.3 Å². The standard InChI is InChI=1S/C12H22N4O/c1-3-5-13-12-15-7-10(8-16-12)6-14-11(4-2)9-17/h7-8,11,14,17H,3-6,9H2,1-2H3,(H,13,15,16). The summed E-state index contributed by atoms with van der Waals surface area (Å²) in [6.07, 6.45) is 5.58. The van der Waals surface area contributed by atoms with Crippen molar-refractivity contribution in [3.63, 3.8) is 0 Å². The maximum atomic E-state index is 9.04. The van der Waals surface area contributed by atoms with Gasteiger partial charge in [0.15, 0.2) is 0 Å². The lowest BCUT2D eigenvalue weighted by molar-refractivity contribution is 0.238. The third-order valence-electron chi connectivity index (χ3n) is 2.55. The van der Waals surface area contributed by atoms with Gasteiger partial charge in [-0.25, -0.2) is 9.97 Å². The van der Waals surface area contributed by atoms with Gasteiger partial charge in [-0.1, -0.05) is 13.8 Å². The predicted molar refractivity (Wildman–Crippen MR) is 68.8 cm³/mol. The van der Waals surface area contributed by atoms with Crippen LogP contribution in [0.4, 0.5) is 5.95 Å². The van der Waals surface area contributed by atoms with Crippen molar-refractivity contribution in [1.29, 1.82) is 0 Å². The van der Waals surface area contributed by atoms with Crippen LogP contribution in [0.25, 0.3) is 0 Å². The first-order valence-corrected chi connectivity index (χ1v) is 6.19. The van der Waals surface area contributed by atoms with Gasteiger partial charge in [-0.15, -0.1) is 0 Å². The molecule has 0 saturated heterocycles. The van der Waals surface area contributed by atoms with Crippen LogP contribution >= 0.6 is 0 Å². The van der Waals surface area contributed by atoms with Gasteiger partial charge < -0.3 is 15.7 Å². The van der Waals surface area contributed by atoms with E-state index in [0.717, 1.165) is 24.9 Å². The molecule has 5 heteroatoms. The molecule has 0 bridgehead atoms. The molecule has 3 N–H and O–H groups in total. The molecule has 0 aliphatic rings. The molecule has 1 aromatic heterocycles. The topological polar surface area (TPSA) is 70.1 Å². The SMILES string of the molecule is CCCNc1ncc(CNC(CC)CO)cn1. The highest BCUT2D eigenvalue weighted by atomic mass is 16.3. The summed E-state index contributed by atoms with van der Waals surface area (Å²) in [5.74, 6) is 0.671. The van der Waals surface area contributed by atoms with Gasteiger partial charge in [0.25, 0.3) is 0 Å². The van der Waals surface area contributed by atoms with E-state index < -0.39 is 0 Å². The van der Waals surface area contributed by atoms with Crippen molar-refractivity contribution in [2.45, 2.75) is 39.3 Å². The quantitative estimate of drug-likeness (QED) is 0.634. The summed E-state index contributed by atoms with van der Waals surface area (Å²) in [5.41, 5.74) is 1.03. The van der Waals surface area contributed by atoms with Gasteiger partial charge >= 0.3 is 0 Å². The zero-order valence-electron chi connectivity index (χ0n) is 10.6. The predicted octanol–water partition coefficient (Wildman–Crippen LogP) is 1.16. The number of hydrogen-bond donors (Lipinski definition) is 3. The van der Waals surface area contributed by atoms with Gasteiger partial charge in [0.2, 0.25) is 5.95 Å². The first-order chi connectivity index (χ1) is 8.30. The van der Waals surface area contributed by atoms with Crippen molar-refractivity contribution < 1.29 is 5.11 Å². The van der Waals surface area contributed by atoms with Crippen LogP contribution in [0.1, 0.15) is 32.3 Å². The highest BCUT2D eigenvalue weighted by Crippen LogP contribution is 2.01. The molecule has 96 valence electrons. The van der Waals surface area contributed by atoms with Gasteiger partial charge in [0.05, 0.1) is 6.61 Å². The average Bonchev–Trinajstić information content (AvgIpc) is 2.39. The minimum atomic E-state index is 0.146. The normalized spacial score (nSPS) is 12.4. The maximum absolute atomic E-state index is 9.04. The van der Waals surface area contributed by atoms with E-state index in [0.29, 0.717) is 12.5 Å². The summed E-state index contributed by atoms with van der Waals surface area (Å²) in [7, 11) is 0. The Morgan fingerprint density at radius 1 is 1.29 bits per heavy atom. The van der Waals surface area contributed by atoms with Gasteiger partial charge in [0, 0.05) is 37.1 Å². The Hall–Kier alpha value is -1.20. The van der Waals surface area contributed by atoms with E-state index in [4.69, 9.17) is 5.11 Å². The molecule has 17 heavy (non-hydrogen) atoms. The highest BCUT2D eigenvalue weighted by Gasteiger charge is 2.03. The number of nitrogens with one attached hydrogen (secondary N) is 2. The molecule has 0 fully saturated rings. The Balaban J connectivity index is 2.39. The zero-order chi connectivity index (χ0) is 12.5. The summed E-state index contributed by atoms with van der Waals surface area (Å²) in [6.45, 7) is 5.88. The number of anilines is 1. The Bertz CT molecular complexity index is 298. The molecule has 0 spiro atoms. The number of aromatic nitrogens is 2.